The molecule has 0 aliphatic carbocycles. The van der Waals surface area contributed by atoms with E-state index in [1.807, 2.05) is 30.3 Å². The Labute approximate surface area is 135 Å². The molecule has 5 N–H and O–H groups in total. The molecule has 1 fully saturated rings. The van der Waals surface area contributed by atoms with E-state index in [4.69, 9.17) is 16.2 Å². The van der Waals surface area contributed by atoms with E-state index in [9.17, 15) is 0 Å². The van der Waals surface area contributed by atoms with E-state index >= 15 is 0 Å². The molecular weight excluding hydrogens is 292 g/mol. The van der Waals surface area contributed by atoms with Gasteiger partial charge in [0, 0.05) is 43.5 Å². The molecule has 7 heteroatoms. The van der Waals surface area contributed by atoms with Crippen LogP contribution in [-0.4, -0.2) is 54.3 Å². The fourth-order valence-corrected chi connectivity index (χ4v) is 2.57. The molecule has 0 bridgehead atoms. The van der Waals surface area contributed by atoms with E-state index in [-0.39, 0.29) is 5.95 Å². The van der Waals surface area contributed by atoms with Crippen molar-refractivity contribution >= 4 is 17.5 Å². The number of rotatable bonds is 5. The van der Waals surface area contributed by atoms with Crippen LogP contribution in [0.15, 0.2) is 30.3 Å². The Morgan fingerprint density at radius 2 is 1.96 bits per heavy atom. The van der Waals surface area contributed by atoms with Crippen LogP contribution in [0.2, 0.25) is 0 Å². The van der Waals surface area contributed by atoms with Crippen LogP contribution in [0, 0.1) is 0 Å². The third-order valence-electron chi connectivity index (χ3n) is 3.76. The van der Waals surface area contributed by atoms with Crippen molar-refractivity contribution < 1.29 is 4.74 Å². The number of nitrogens with two attached hydrogens (primary N) is 2. The van der Waals surface area contributed by atoms with Crippen molar-refractivity contribution in [3.8, 4) is 11.3 Å². The number of anilines is 3. The second-order valence-electron chi connectivity index (χ2n) is 5.50. The van der Waals surface area contributed by atoms with Gasteiger partial charge in [0.05, 0.1) is 18.9 Å². The van der Waals surface area contributed by atoms with Crippen molar-refractivity contribution in [1.29, 1.82) is 0 Å². The first-order valence-corrected chi connectivity index (χ1v) is 7.75. The fraction of sp³-hybridized carbons (Fsp3) is 0.375. The third-order valence-corrected chi connectivity index (χ3v) is 3.76. The Bertz CT molecular complexity index is 657. The van der Waals surface area contributed by atoms with Gasteiger partial charge < -0.3 is 21.5 Å². The highest BCUT2D eigenvalue weighted by atomic mass is 16.5. The maximum atomic E-state index is 5.83. The number of benzene rings is 1. The summed E-state index contributed by atoms with van der Waals surface area (Å²) in [5.41, 5.74) is 14.0. The van der Waals surface area contributed by atoms with Crippen molar-refractivity contribution in [2.24, 2.45) is 0 Å². The Morgan fingerprint density at radius 1 is 1.13 bits per heavy atom. The Hall–Kier alpha value is -2.38. The Morgan fingerprint density at radius 3 is 2.74 bits per heavy atom. The predicted molar refractivity (Wildman–Crippen MR) is 92.0 cm³/mol. The lowest BCUT2D eigenvalue weighted by Crippen LogP contribution is -2.39. The monoisotopic (exact) mass is 314 g/mol. The van der Waals surface area contributed by atoms with Gasteiger partial charge in [-0.15, -0.1) is 0 Å². The van der Waals surface area contributed by atoms with Gasteiger partial charge in [0.1, 0.15) is 5.82 Å². The van der Waals surface area contributed by atoms with Crippen molar-refractivity contribution in [1.82, 2.24) is 14.9 Å². The first kappa shape index (κ1) is 15.5. The average Bonchev–Trinajstić information content (AvgIpc) is 2.55. The first-order valence-electron chi connectivity index (χ1n) is 7.75. The van der Waals surface area contributed by atoms with Gasteiger partial charge in [-0.1, -0.05) is 12.1 Å². The summed E-state index contributed by atoms with van der Waals surface area (Å²) in [5.74, 6) is 0.974. The molecule has 1 aromatic carbocycles. The number of nitrogens with one attached hydrogen (secondary N) is 1. The molecule has 7 nitrogen and oxygen atoms in total. The molecule has 0 saturated carbocycles. The number of hydrogen-bond acceptors (Lipinski definition) is 7. The van der Waals surface area contributed by atoms with Crippen LogP contribution in [0.1, 0.15) is 0 Å². The van der Waals surface area contributed by atoms with Gasteiger partial charge in [0.2, 0.25) is 5.95 Å². The van der Waals surface area contributed by atoms with Crippen LogP contribution in [0.4, 0.5) is 17.5 Å². The summed E-state index contributed by atoms with van der Waals surface area (Å²) in [6.07, 6.45) is 0. The van der Waals surface area contributed by atoms with Crippen molar-refractivity contribution in [2.75, 3.05) is 56.2 Å². The van der Waals surface area contributed by atoms with E-state index in [0.717, 1.165) is 56.5 Å². The fourth-order valence-electron chi connectivity index (χ4n) is 2.57. The maximum absolute atomic E-state index is 5.83. The van der Waals surface area contributed by atoms with Gasteiger partial charge in [-0.05, 0) is 12.1 Å². The molecule has 122 valence electrons. The van der Waals surface area contributed by atoms with E-state index in [1.165, 1.54) is 0 Å². The number of hydrogen-bond donors (Lipinski definition) is 3. The van der Waals surface area contributed by atoms with Gasteiger partial charge in [0.15, 0.2) is 0 Å². The summed E-state index contributed by atoms with van der Waals surface area (Å²) in [6.45, 7) is 5.30. The lowest BCUT2D eigenvalue weighted by molar-refractivity contribution is 0.0398. The van der Waals surface area contributed by atoms with E-state index in [1.54, 1.807) is 0 Å². The zero-order valence-corrected chi connectivity index (χ0v) is 13.0. The van der Waals surface area contributed by atoms with Crippen molar-refractivity contribution in [2.45, 2.75) is 0 Å². The van der Waals surface area contributed by atoms with Crippen LogP contribution in [0.5, 0.6) is 0 Å². The molecule has 0 atom stereocenters. The smallest absolute Gasteiger partial charge is 0.222 e. The standard InChI is InChI=1S/C16H22N6O/c17-13-3-1-2-12(10-13)14-11-15(21-16(18)20-14)19-4-5-22-6-8-23-9-7-22/h1-3,10-11H,4-9,17H2,(H3,18,19,20,21). The van der Waals surface area contributed by atoms with E-state index < -0.39 is 0 Å². The molecule has 1 saturated heterocycles. The Balaban J connectivity index is 1.65. The minimum absolute atomic E-state index is 0.249. The number of aromatic nitrogens is 2. The molecule has 0 unspecified atom stereocenters. The van der Waals surface area contributed by atoms with E-state index in [2.05, 4.69) is 20.2 Å². The van der Waals surface area contributed by atoms with E-state index in [0.29, 0.717) is 5.69 Å². The second-order valence-corrected chi connectivity index (χ2v) is 5.50. The molecule has 1 aliphatic rings. The van der Waals surface area contributed by atoms with Gasteiger partial charge in [-0.25, -0.2) is 4.98 Å². The van der Waals surface area contributed by atoms with Crippen LogP contribution in [-0.2, 0) is 4.74 Å². The summed E-state index contributed by atoms with van der Waals surface area (Å²) in [6, 6.07) is 9.46. The summed E-state index contributed by atoms with van der Waals surface area (Å²) in [4.78, 5) is 10.9. The van der Waals surface area contributed by atoms with Crippen LogP contribution < -0.4 is 16.8 Å². The lowest BCUT2D eigenvalue weighted by atomic mass is 10.1. The molecule has 2 heterocycles. The number of nitrogens with zero attached hydrogens (tertiary/aromatic N) is 3. The highest BCUT2D eigenvalue weighted by Crippen LogP contribution is 2.22. The quantitative estimate of drug-likeness (QED) is 0.709. The second kappa shape index (κ2) is 7.26. The van der Waals surface area contributed by atoms with Crippen molar-refractivity contribution in [3.63, 3.8) is 0 Å². The van der Waals surface area contributed by atoms with Gasteiger partial charge >= 0.3 is 0 Å². The molecule has 3 rings (SSSR count). The van der Waals surface area contributed by atoms with Gasteiger partial charge in [0.25, 0.3) is 0 Å². The van der Waals surface area contributed by atoms with Crippen LogP contribution in [0.25, 0.3) is 11.3 Å². The third kappa shape index (κ3) is 4.30. The molecule has 2 aromatic rings. The number of ether oxygens (including phenoxy) is 1. The zero-order valence-electron chi connectivity index (χ0n) is 13.0. The molecular formula is C16H22N6O. The zero-order chi connectivity index (χ0) is 16.1. The largest absolute Gasteiger partial charge is 0.399 e. The number of morpholine rings is 1. The number of nitrogen functional groups attached to an aromatic ring is 2. The van der Waals surface area contributed by atoms with Gasteiger partial charge in [-0.2, -0.15) is 4.98 Å². The molecule has 0 spiro atoms. The van der Waals surface area contributed by atoms with Crippen LogP contribution in [0.3, 0.4) is 0 Å². The van der Waals surface area contributed by atoms with Crippen molar-refractivity contribution in [3.05, 3.63) is 30.3 Å². The summed E-state index contributed by atoms with van der Waals surface area (Å²) >= 11 is 0. The average molecular weight is 314 g/mol. The lowest BCUT2D eigenvalue weighted by Gasteiger charge is -2.26. The predicted octanol–water partition coefficient (Wildman–Crippen LogP) is 1.05. The summed E-state index contributed by atoms with van der Waals surface area (Å²) in [5, 5.41) is 3.31. The van der Waals surface area contributed by atoms with Crippen LogP contribution >= 0.6 is 0 Å². The summed E-state index contributed by atoms with van der Waals surface area (Å²) < 4.78 is 5.34. The maximum Gasteiger partial charge on any atom is 0.222 e. The molecule has 23 heavy (non-hydrogen) atoms. The highest BCUT2D eigenvalue weighted by molar-refractivity contribution is 5.67. The molecule has 0 radical (unpaired) electrons. The first-order chi connectivity index (χ1) is 11.2. The highest BCUT2D eigenvalue weighted by Gasteiger charge is 2.10. The van der Waals surface area contributed by atoms with Gasteiger partial charge in [-0.3, -0.25) is 4.90 Å². The minimum atomic E-state index is 0.249. The Kier molecular flexibility index (Phi) is 4.89. The topological polar surface area (TPSA) is 102 Å². The molecule has 1 aromatic heterocycles. The molecule has 0 amide bonds. The summed E-state index contributed by atoms with van der Waals surface area (Å²) in [7, 11) is 0. The molecule has 1 aliphatic heterocycles. The SMILES string of the molecule is Nc1cccc(-c2cc(NCCN3CCOCC3)nc(N)n2)c1. The minimum Gasteiger partial charge on any atom is -0.399 e. The normalized spacial score (nSPS) is 15.5.